The molecule has 2 heterocycles. The molecule has 0 aliphatic carbocycles. The van der Waals surface area contributed by atoms with Crippen molar-refractivity contribution in [1.82, 2.24) is 10.3 Å². The first-order valence-electron chi connectivity index (χ1n) is 6.45. The lowest BCUT2D eigenvalue weighted by atomic mass is 9.95. The number of rotatable bonds is 2. The van der Waals surface area contributed by atoms with Crippen LogP contribution in [-0.4, -0.2) is 16.9 Å². The van der Waals surface area contributed by atoms with Gasteiger partial charge in [0.1, 0.15) is 4.60 Å². The first-order valence-corrected chi connectivity index (χ1v) is 7.25. The quantitative estimate of drug-likeness (QED) is 0.831. The predicted octanol–water partition coefficient (Wildman–Crippen LogP) is 2.50. The van der Waals surface area contributed by atoms with Gasteiger partial charge in [-0.3, -0.25) is 4.79 Å². The van der Waals surface area contributed by atoms with Crippen molar-refractivity contribution in [3.8, 4) is 0 Å². The van der Waals surface area contributed by atoms with E-state index in [1.54, 1.807) is 12.3 Å². The van der Waals surface area contributed by atoms with Crippen LogP contribution in [0.25, 0.3) is 0 Å². The van der Waals surface area contributed by atoms with E-state index in [0.29, 0.717) is 16.7 Å². The summed E-state index contributed by atoms with van der Waals surface area (Å²) in [6.45, 7) is 0.725. The fourth-order valence-corrected chi connectivity index (χ4v) is 2.69. The van der Waals surface area contributed by atoms with Gasteiger partial charge in [-0.15, -0.1) is 0 Å². The van der Waals surface area contributed by atoms with E-state index < -0.39 is 0 Å². The van der Waals surface area contributed by atoms with Crippen LogP contribution in [0, 0.1) is 0 Å². The molecule has 0 bridgehead atoms. The minimum absolute atomic E-state index is 0.0341. The van der Waals surface area contributed by atoms with Crippen molar-refractivity contribution in [1.29, 1.82) is 0 Å². The highest BCUT2D eigenvalue weighted by Crippen LogP contribution is 2.20. The number of aromatic nitrogens is 1. The second kappa shape index (κ2) is 5.73. The molecule has 3 rings (SSSR count). The number of hydrogen-bond acceptors (Lipinski definition) is 3. The summed E-state index contributed by atoms with van der Waals surface area (Å²) in [6, 6.07) is 11.6. The van der Waals surface area contributed by atoms with E-state index in [-0.39, 0.29) is 11.9 Å². The number of carbonyl (C=O) groups is 1. The van der Waals surface area contributed by atoms with E-state index in [2.05, 4.69) is 43.7 Å². The van der Waals surface area contributed by atoms with Gasteiger partial charge < -0.3 is 10.6 Å². The third-order valence-electron chi connectivity index (χ3n) is 3.41. The van der Waals surface area contributed by atoms with Crippen LogP contribution in [-0.2, 0) is 17.8 Å². The van der Waals surface area contributed by atoms with Crippen LogP contribution in [0.4, 0.5) is 5.69 Å². The maximum atomic E-state index is 12.3. The highest BCUT2D eigenvalue weighted by Gasteiger charge is 2.24. The normalized spacial score (nSPS) is 17.4. The van der Waals surface area contributed by atoms with Crippen LogP contribution in [0.5, 0.6) is 0 Å². The van der Waals surface area contributed by atoms with Crippen molar-refractivity contribution in [3.05, 3.63) is 58.3 Å². The summed E-state index contributed by atoms with van der Waals surface area (Å²) < 4.78 is 0.643. The maximum absolute atomic E-state index is 12.3. The molecule has 0 radical (unpaired) electrons. The molecule has 0 saturated heterocycles. The van der Waals surface area contributed by atoms with Crippen molar-refractivity contribution in [2.75, 3.05) is 5.32 Å². The molecule has 2 aromatic rings. The Morgan fingerprint density at radius 2 is 2.05 bits per heavy atom. The molecule has 1 aromatic carbocycles. The molecule has 5 heteroatoms. The molecule has 0 spiro atoms. The van der Waals surface area contributed by atoms with Crippen LogP contribution in [0.3, 0.4) is 0 Å². The lowest BCUT2D eigenvalue weighted by Gasteiger charge is -2.25. The van der Waals surface area contributed by atoms with E-state index >= 15 is 0 Å². The van der Waals surface area contributed by atoms with Crippen LogP contribution in [0.2, 0.25) is 0 Å². The van der Waals surface area contributed by atoms with Crippen molar-refractivity contribution in [2.24, 2.45) is 0 Å². The zero-order valence-electron chi connectivity index (χ0n) is 10.8. The number of nitrogens with zero attached hydrogens (tertiary/aromatic N) is 1. The largest absolute Gasteiger partial charge is 0.322 e. The molecule has 1 amide bonds. The Labute approximate surface area is 125 Å². The van der Waals surface area contributed by atoms with Gasteiger partial charge in [-0.1, -0.05) is 24.3 Å². The molecule has 1 aromatic heterocycles. The van der Waals surface area contributed by atoms with Gasteiger partial charge in [0.15, 0.2) is 0 Å². The van der Waals surface area contributed by atoms with Gasteiger partial charge in [-0.05, 0) is 45.6 Å². The number of anilines is 1. The number of carbonyl (C=O) groups excluding carboxylic acids is 1. The molecule has 1 aliphatic heterocycles. The van der Waals surface area contributed by atoms with Gasteiger partial charge in [0, 0.05) is 12.7 Å². The van der Waals surface area contributed by atoms with Crippen LogP contribution in [0.1, 0.15) is 11.1 Å². The Morgan fingerprint density at radius 1 is 1.25 bits per heavy atom. The highest BCUT2D eigenvalue weighted by molar-refractivity contribution is 9.10. The molecule has 1 atom stereocenters. The smallest absolute Gasteiger partial charge is 0.241 e. The minimum Gasteiger partial charge on any atom is -0.322 e. The molecule has 0 saturated carbocycles. The monoisotopic (exact) mass is 331 g/mol. The lowest BCUT2D eigenvalue weighted by molar-refractivity contribution is -0.118. The Balaban J connectivity index is 1.72. The molecule has 20 heavy (non-hydrogen) atoms. The fraction of sp³-hybridized carbons (Fsp3) is 0.200. The average Bonchev–Trinajstić information content (AvgIpc) is 2.49. The molecular weight excluding hydrogens is 318 g/mol. The van der Waals surface area contributed by atoms with Crippen molar-refractivity contribution < 1.29 is 4.79 Å². The van der Waals surface area contributed by atoms with Crippen LogP contribution in [0.15, 0.2) is 47.2 Å². The molecule has 102 valence electrons. The number of halogens is 1. The highest BCUT2D eigenvalue weighted by atomic mass is 79.9. The molecule has 0 unspecified atom stereocenters. The van der Waals surface area contributed by atoms with Crippen molar-refractivity contribution in [3.63, 3.8) is 0 Å². The molecule has 1 aliphatic rings. The van der Waals surface area contributed by atoms with E-state index in [4.69, 9.17) is 0 Å². The molecule has 0 fully saturated rings. The Morgan fingerprint density at radius 3 is 2.85 bits per heavy atom. The summed E-state index contributed by atoms with van der Waals surface area (Å²) in [7, 11) is 0. The van der Waals surface area contributed by atoms with Gasteiger partial charge in [0.05, 0.1) is 11.7 Å². The van der Waals surface area contributed by atoms with E-state index in [1.165, 1.54) is 11.1 Å². The van der Waals surface area contributed by atoms with Crippen molar-refractivity contribution in [2.45, 2.75) is 19.0 Å². The summed E-state index contributed by atoms with van der Waals surface area (Å²) in [4.78, 5) is 16.4. The Hall–Kier alpha value is -1.72. The molecular formula is C15H14BrN3O. The number of pyridine rings is 1. The SMILES string of the molecule is O=C(Nc1cccnc1Br)[C@H]1Cc2ccccc2CN1. The molecule has 2 N–H and O–H groups in total. The first kappa shape index (κ1) is 13.3. The van der Waals surface area contributed by atoms with E-state index in [1.807, 2.05) is 18.2 Å². The standard InChI is InChI=1S/C15H14BrN3O/c16-14-12(6-3-7-17-14)19-15(20)13-8-10-4-1-2-5-11(10)9-18-13/h1-7,13,18H,8-9H2,(H,19,20)/t13-/m1/s1. The topological polar surface area (TPSA) is 54.0 Å². The average molecular weight is 332 g/mol. The number of hydrogen-bond donors (Lipinski definition) is 2. The fourth-order valence-electron chi connectivity index (χ4n) is 2.34. The number of amides is 1. The third kappa shape index (κ3) is 2.73. The van der Waals surface area contributed by atoms with E-state index in [9.17, 15) is 4.79 Å². The van der Waals surface area contributed by atoms with Crippen LogP contribution >= 0.6 is 15.9 Å². The zero-order valence-corrected chi connectivity index (χ0v) is 12.4. The summed E-state index contributed by atoms with van der Waals surface area (Å²) in [6.07, 6.45) is 2.38. The Bertz CT molecular complexity index is 645. The van der Waals surface area contributed by atoms with Gasteiger partial charge in [-0.2, -0.15) is 0 Å². The second-order valence-corrected chi connectivity index (χ2v) is 5.49. The summed E-state index contributed by atoms with van der Waals surface area (Å²) >= 11 is 3.33. The van der Waals surface area contributed by atoms with Gasteiger partial charge in [-0.25, -0.2) is 4.98 Å². The zero-order chi connectivity index (χ0) is 13.9. The van der Waals surface area contributed by atoms with Crippen LogP contribution < -0.4 is 10.6 Å². The van der Waals surface area contributed by atoms with Gasteiger partial charge >= 0.3 is 0 Å². The predicted molar refractivity (Wildman–Crippen MR) is 81.3 cm³/mol. The minimum atomic E-state index is -0.211. The second-order valence-electron chi connectivity index (χ2n) is 4.74. The number of fused-ring (bicyclic) bond motifs is 1. The lowest BCUT2D eigenvalue weighted by Crippen LogP contribution is -2.44. The number of benzene rings is 1. The summed E-state index contributed by atoms with van der Waals surface area (Å²) in [5.41, 5.74) is 3.19. The van der Waals surface area contributed by atoms with Gasteiger partial charge in [0.2, 0.25) is 5.91 Å². The maximum Gasteiger partial charge on any atom is 0.241 e. The van der Waals surface area contributed by atoms with Gasteiger partial charge in [0.25, 0.3) is 0 Å². The summed E-state index contributed by atoms with van der Waals surface area (Å²) in [5.74, 6) is -0.0341. The first-order chi connectivity index (χ1) is 9.74. The van der Waals surface area contributed by atoms with Crippen molar-refractivity contribution >= 4 is 27.5 Å². The number of nitrogens with one attached hydrogen (secondary N) is 2. The molecule has 4 nitrogen and oxygen atoms in total. The third-order valence-corrected chi connectivity index (χ3v) is 4.05. The summed E-state index contributed by atoms with van der Waals surface area (Å²) in [5, 5.41) is 6.17. The Kier molecular flexibility index (Phi) is 3.80. The van der Waals surface area contributed by atoms with E-state index in [0.717, 1.165) is 6.54 Å².